The molecule has 0 saturated carbocycles. The molecule has 0 radical (unpaired) electrons. The Balaban J connectivity index is 2.06. The molecule has 0 saturated heterocycles. The lowest BCUT2D eigenvalue weighted by atomic mass is 10.0. The molecule has 2 rings (SSSR count). The molecule has 0 spiro atoms. The Labute approximate surface area is 141 Å². The van der Waals surface area contributed by atoms with Gasteiger partial charge in [0.1, 0.15) is 11.5 Å². The number of aromatic nitrogens is 2. The van der Waals surface area contributed by atoms with Gasteiger partial charge in [-0.25, -0.2) is 9.07 Å². The third-order valence-electron chi connectivity index (χ3n) is 3.94. The van der Waals surface area contributed by atoms with Crippen molar-refractivity contribution in [1.29, 1.82) is 0 Å². The molecule has 0 bridgehead atoms. The number of aryl methyl sites for hydroxylation is 2. The highest BCUT2D eigenvalue weighted by atomic mass is 19.1. The highest BCUT2D eigenvalue weighted by Gasteiger charge is 2.14. The maximum Gasteiger partial charge on any atom is 0.251 e. The Bertz CT molecular complexity index is 725. The van der Waals surface area contributed by atoms with Gasteiger partial charge in [-0.15, -0.1) is 0 Å². The summed E-state index contributed by atoms with van der Waals surface area (Å²) in [5.41, 5.74) is 2.19. The smallest absolute Gasteiger partial charge is 0.251 e. The van der Waals surface area contributed by atoms with E-state index in [2.05, 4.69) is 10.4 Å². The van der Waals surface area contributed by atoms with Crippen LogP contribution in [0.3, 0.4) is 0 Å². The van der Waals surface area contributed by atoms with Gasteiger partial charge in [0.25, 0.3) is 5.91 Å². The first kappa shape index (κ1) is 18.1. The van der Waals surface area contributed by atoms with Crippen molar-refractivity contribution in [2.24, 2.45) is 5.92 Å². The predicted octanol–water partition coefficient (Wildman–Crippen LogP) is 2.77. The normalized spacial score (nSPS) is 12.5. The summed E-state index contributed by atoms with van der Waals surface area (Å²) in [5.74, 6) is -0.722. The molecule has 1 atom stereocenters. The fourth-order valence-corrected chi connectivity index (χ4v) is 2.46. The van der Waals surface area contributed by atoms with Crippen LogP contribution in [0.4, 0.5) is 4.39 Å². The van der Waals surface area contributed by atoms with Gasteiger partial charge in [-0.3, -0.25) is 4.79 Å². The van der Waals surface area contributed by atoms with Crippen molar-refractivity contribution in [3.63, 3.8) is 0 Å². The number of aliphatic hydroxyl groups is 1. The lowest BCUT2D eigenvalue weighted by molar-refractivity contribution is 0.0919. The van der Waals surface area contributed by atoms with E-state index in [9.17, 15) is 14.3 Å². The van der Waals surface area contributed by atoms with E-state index in [1.54, 1.807) is 12.1 Å². The highest BCUT2D eigenvalue weighted by molar-refractivity contribution is 5.94. The van der Waals surface area contributed by atoms with Gasteiger partial charge in [0.2, 0.25) is 0 Å². The van der Waals surface area contributed by atoms with Crippen molar-refractivity contribution >= 4 is 5.91 Å². The average Bonchev–Trinajstić information content (AvgIpc) is 2.85. The van der Waals surface area contributed by atoms with E-state index in [1.807, 2.05) is 33.8 Å². The standard InChI is InChI=1S/C18H24FN3O2/c1-11(2)17(23)7-8-20-18(24)14-5-6-16(15(19)10-14)22-13(4)9-12(3)21-22/h5-6,9-11,17,23H,7-8H2,1-4H3,(H,20,24). The number of benzene rings is 1. The molecule has 2 aromatic rings. The van der Waals surface area contributed by atoms with Gasteiger partial charge >= 0.3 is 0 Å². The van der Waals surface area contributed by atoms with Crippen molar-refractivity contribution in [3.8, 4) is 5.69 Å². The number of hydrogen-bond acceptors (Lipinski definition) is 3. The minimum Gasteiger partial charge on any atom is -0.393 e. The van der Waals surface area contributed by atoms with Crippen molar-refractivity contribution in [1.82, 2.24) is 15.1 Å². The number of carbonyl (C=O) groups excluding carboxylic acids is 1. The molecule has 0 aliphatic heterocycles. The summed E-state index contributed by atoms with van der Waals surface area (Å²) in [4.78, 5) is 12.1. The van der Waals surface area contributed by atoms with Gasteiger partial charge in [-0.1, -0.05) is 13.8 Å². The third-order valence-corrected chi connectivity index (χ3v) is 3.94. The molecule has 0 fully saturated rings. The van der Waals surface area contributed by atoms with Crippen LogP contribution in [0, 0.1) is 25.6 Å². The number of nitrogens with one attached hydrogen (secondary N) is 1. The first-order valence-electron chi connectivity index (χ1n) is 8.09. The lowest BCUT2D eigenvalue weighted by Gasteiger charge is -2.14. The number of halogens is 1. The minimum absolute atomic E-state index is 0.138. The van der Waals surface area contributed by atoms with Crippen LogP contribution in [0.25, 0.3) is 5.69 Å². The van der Waals surface area contributed by atoms with Gasteiger partial charge in [0.05, 0.1) is 11.8 Å². The van der Waals surface area contributed by atoms with E-state index >= 15 is 0 Å². The van der Waals surface area contributed by atoms with Crippen molar-refractivity contribution in [2.45, 2.75) is 40.2 Å². The van der Waals surface area contributed by atoms with Crippen LogP contribution in [-0.2, 0) is 0 Å². The van der Waals surface area contributed by atoms with Crippen LogP contribution >= 0.6 is 0 Å². The quantitative estimate of drug-likeness (QED) is 0.854. The Morgan fingerprint density at radius 2 is 2.04 bits per heavy atom. The van der Waals surface area contributed by atoms with E-state index in [0.29, 0.717) is 18.7 Å². The second-order valence-corrected chi connectivity index (χ2v) is 6.36. The summed E-state index contributed by atoms with van der Waals surface area (Å²) in [5, 5.41) is 16.7. The number of hydrogen-bond donors (Lipinski definition) is 2. The third kappa shape index (κ3) is 4.20. The molecule has 1 amide bonds. The van der Waals surface area contributed by atoms with Gasteiger partial charge in [-0.05, 0) is 50.5 Å². The number of amides is 1. The summed E-state index contributed by atoms with van der Waals surface area (Å²) in [6, 6.07) is 6.19. The molecular formula is C18H24FN3O2. The van der Waals surface area contributed by atoms with Crippen molar-refractivity contribution in [3.05, 3.63) is 47.0 Å². The molecule has 2 N–H and O–H groups in total. The van der Waals surface area contributed by atoms with E-state index in [0.717, 1.165) is 11.4 Å². The first-order chi connectivity index (χ1) is 11.3. The Hall–Kier alpha value is -2.21. The second-order valence-electron chi connectivity index (χ2n) is 6.36. The summed E-state index contributed by atoms with van der Waals surface area (Å²) in [7, 11) is 0. The molecule has 1 unspecified atom stereocenters. The molecule has 1 heterocycles. The number of aliphatic hydroxyl groups excluding tert-OH is 1. The van der Waals surface area contributed by atoms with E-state index in [-0.39, 0.29) is 17.4 Å². The van der Waals surface area contributed by atoms with Crippen LogP contribution < -0.4 is 5.32 Å². The minimum atomic E-state index is -0.504. The SMILES string of the molecule is Cc1cc(C)n(-c2ccc(C(=O)NCCC(O)C(C)C)cc2F)n1. The molecule has 5 nitrogen and oxygen atoms in total. The van der Waals surface area contributed by atoms with E-state index in [4.69, 9.17) is 0 Å². The van der Waals surface area contributed by atoms with Crippen LogP contribution in [0.15, 0.2) is 24.3 Å². The molecule has 6 heteroatoms. The Kier molecular flexibility index (Phi) is 5.72. The number of rotatable bonds is 6. The zero-order valence-corrected chi connectivity index (χ0v) is 14.5. The highest BCUT2D eigenvalue weighted by Crippen LogP contribution is 2.17. The van der Waals surface area contributed by atoms with Crippen LogP contribution in [0.5, 0.6) is 0 Å². The predicted molar refractivity (Wildman–Crippen MR) is 90.8 cm³/mol. The summed E-state index contributed by atoms with van der Waals surface area (Å²) in [6.45, 7) is 7.87. The Morgan fingerprint density at radius 3 is 2.58 bits per heavy atom. The van der Waals surface area contributed by atoms with Crippen LogP contribution in [0.1, 0.15) is 42.0 Å². The largest absolute Gasteiger partial charge is 0.393 e. The Morgan fingerprint density at radius 1 is 1.33 bits per heavy atom. The molecule has 24 heavy (non-hydrogen) atoms. The van der Waals surface area contributed by atoms with Crippen LogP contribution in [-0.4, -0.2) is 33.4 Å². The van der Waals surface area contributed by atoms with Gasteiger partial charge in [-0.2, -0.15) is 5.10 Å². The van der Waals surface area contributed by atoms with Crippen LogP contribution in [0.2, 0.25) is 0 Å². The maximum atomic E-state index is 14.4. The van der Waals surface area contributed by atoms with Gasteiger partial charge in [0.15, 0.2) is 0 Å². The molecule has 1 aromatic heterocycles. The molecular weight excluding hydrogens is 309 g/mol. The summed E-state index contributed by atoms with van der Waals surface area (Å²) < 4.78 is 15.9. The number of nitrogens with zero attached hydrogens (tertiary/aromatic N) is 2. The second kappa shape index (κ2) is 7.57. The first-order valence-corrected chi connectivity index (χ1v) is 8.09. The van der Waals surface area contributed by atoms with Gasteiger partial charge in [0, 0.05) is 17.8 Å². The van der Waals surface area contributed by atoms with E-state index < -0.39 is 11.9 Å². The molecule has 0 aliphatic rings. The fourth-order valence-electron chi connectivity index (χ4n) is 2.46. The molecule has 1 aromatic carbocycles. The zero-order valence-electron chi connectivity index (χ0n) is 14.5. The topological polar surface area (TPSA) is 67.2 Å². The molecule has 0 aliphatic carbocycles. The van der Waals surface area contributed by atoms with Crippen molar-refractivity contribution in [2.75, 3.05) is 6.54 Å². The maximum absolute atomic E-state index is 14.4. The summed E-state index contributed by atoms with van der Waals surface area (Å²) in [6.07, 6.45) is 0.00543. The fraction of sp³-hybridized carbons (Fsp3) is 0.444. The van der Waals surface area contributed by atoms with Crippen molar-refractivity contribution < 1.29 is 14.3 Å². The van der Waals surface area contributed by atoms with Gasteiger partial charge < -0.3 is 10.4 Å². The monoisotopic (exact) mass is 333 g/mol. The van der Waals surface area contributed by atoms with E-state index in [1.165, 1.54) is 10.7 Å². The summed E-state index contributed by atoms with van der Waals surface area (Å²) >= 11 is 0. The zero-order chi connectivity index (χ0) is 17.9. The number of carbonyl (C=O) groups is 1. The lowest BCUT2D eigenvalue weighted by Crippen LogP contribution is -2.28. The average molecular weight is 333 g/mol. The molecule has 130 valence electrons.